The molecule has 1 saturated heterocycles. The van der Waals surface area contributed by atoms with Gasteiger partial charge in [0, 0.05) is 18.7 Å². The molecule has 2 rings (SSSR count). The second-order valence-electron chi connectivity index (χ2n) is 6.80. The number of nitrogens with one attached hydrogen (secondary N) is 1. The molecule has 1 N–H and O–H groups in total. The maximum Gasteiger partial charge on any atom is 0.0581 e. The van der Waals surface area contributed by atoms with Crippen LogP contribution in [0.4, 0.5) is 0 Å². The van der Waals surface area contributed by atoms with Gasteiger partial charge in [0.1, 0.15) is 0 Å². The summed E-state index contributed by atoms with van der Waals surface area (Å²) in [6.07, 6.45) is 8.62. The molecule has 1 heterocycles. The fraction of sp³-hybridized carbons (Fsp3) is 1.00. The van der Waals surface area contributed by atoms with Gasteiger partial charge in [-0.15, -0.1) is 0 Å². The molecule has 1 unspecified atom stereocenters. The summed E-state index contributed by atoms with van der Waals surface area (Å²) < 4.78 is 5.79. The minimum Gasteiger partial charge on any atom is -0.378 e. The van der Waals surface area contributed by atoms with Gasteiger partial charge in [-0.25, -0.2) is 0 Å². The molecule has 16 heavy (non-hydrogen) atoms. The van der Waals surface area contributed by atoms with Crippen LogP contribution in [0.2, 0.25) is 0 Å². The largest absolute Gasteiger partial charge is 0.378 e. The van der Waals surface area contributed by atoms with Crippen LogP contribution in [-0.2, 0) is 4.74 Å². The SMILES string of the molecule is CC(C)(C)NCC1(CC2CCCO2)CCC1. The predicted molar refractivity (Wildman–Crippen MR) is 67.6 cm³/mol. The second-order valence-corrected chi connectivity index (χ2v) is 6.80. The van der Waals surface area contributed by atoms with Crippen LogP contribution in [0.25, 0.3) is 0 Å². The van der Waals surface area contributed by atoms with E-state index in [0.717, 1.165) is 6.61 Å². The third kappa shape index (κ3) is 3.21. The zero-order chi connectivity index (χ0) is 11.6. The van der Waals surface area contributed by atoms with Gasteiger partial charge in [-0.1, -0.05) is 6.42 Å². The van der Waals surface area contributed by atoms with Crippen molar-refractivity contribution in [3.8, 4) is 0 Å². The summed E-state index contributed by atoms with van der Waals surface area (Å²) in [5, 5.41) is 3.68. The number of hydrogen-bond donors (Lipinski definition) is 1. The Morgan fingerprint density at radius 1 is 1.25 bits per heavy atom. The van der Waals surface area contributed by atoms with Gasteiger partial charge in [-0.2, -0.15) is 0 Å². The highest BCUT2D eigenvalue weighted by atomic mass is 16.5. The van der Waals surface area contributed by atoms with Gasteiger partial charge in [-0.3, -0.25) is 0 Å². The second kappa shape index (κ2) is 4.66. The van der Waals surface area contributed by atoms with Crippen molar-refractivity contribution in [2.45, 2.75) is 70.9 Å². The minimum atomic E-state index is 0.249. The van der Waals surface area contributed by atoms with Crippen molar-refractivity contribution in [2.75, 3.05) is 13.2 Å². The maximum atomic E-state index is 5.79. The van der Waals surface area contributed by atoms with Crippen molar-refractivity contribution in [1.29, 1.82) is 0 Å². The van der Waals surface area contributed by atoms with Crippen LogP contribution >= 0.6 is 0 Å². The summed E-state index contributed by atoms with van der Waals surface area (Å²) in [6, 6.07) is 0. The summed E-state index contributed by atoms with van der Waals surface area (Å²) in [5.41, 5.74) is 0.807. The summed E-state index contributed by atoms with van der Waals surface area (Å²) in [4.78, 5) is 0. The molecule has 2 heteroatoms. The van der Waals surface area contributed by atoms with Gasteiger partial charge in [0.15, 0.2) is 0 Å². The summed E-state index contributed by atoms with van der Waals surface area (Å²) in [6.45, 7) is 8.94. The van der Waals surface area contributed by atoms with Gasteiger partial charge >= 0.3 is 0 Å². The Kier molecular flexibility index (Phi) is 3.60. The smallest absolute Gasteiger partial charge is 0.0581 e. The normalized spacial score (nSPS) is 29.1. The molecule has 1 atom stereocenters. The Morgan fingerprint density at radius 2 is 2.00 bits per heavy atom. The first-order valence-electron chi connectivity index (χ1n) is 6.86. The first kappa shape index (κ1) is 12.4. The molecule has 0 aromatic carbocycles. The van der Waals surface area contributed by atoms with Crippen LogP contribution in [0.3, 0.4) is 0 Å². The van der Waals surface area contributed by atoms with Crippen LogP contribution in [-0.4, -0.2) is 24.8 Å². The molecule has 2 aliphatic rings. The Hall–Kier alpha value is -0.0800. The van der Waals surface area contributed by atoms with Crippen LogP contribution in [0.15, 0.2) is 0 Å². The van der Waals surface area contributed by atoms with E-state index < -0.39 is 0 Å². The van der Waals surface area contributed by atoms with E-state index in [-0.39, 0.29) is 5.54 Å². The molecule has 2 fully saturated rings. The van der Waals surface area contributed by atoms with Gasteiger partial charge < -0.3 is 10.1 Å². The molecule has 1 aliphatic heterocycles. The van der Waals surface area contributed by atoms with E-state index in [2.05, 4.69) is 26.1 Å². The molecule has 0 radical (unpaired) electrons. The third-order valence-corrected chi connectivity index (χ3v) is 4.09. The van der Waals surface area contributed by atoms with Crippen molar-refractivity contribution in [3.05, 3.63) is 0 Å². The molecule has 2 nitrogen and oxygen atoms in total. The fourth-order valence-corrected chi connectivity index (χ4v) is 2.87. The lowest BCUT2D eigenvalue weighted by atomic mass is 9.65. The summed E-state index contributed by atoms with van der Waals surface area (Å²) in [7, 11) is 0. The lowest BCUT2D eigenvalue weighted by molar-refractivity contribution is 0.0184. The quantitative estimate of drug-likeness (QED) is 0.794. The van der Waals surface area contributed by atoms with E-state index in [1.54, 1.807) is 0 Å². The van der Waals surface area contributed by atoms with Gasteiger partial charge in [0.05, 0.1) is 6.10 Å². The Morgan fingerprint density at radius 3 is 2.44 bits per heavy atom. The first-order chi connectivity index (χ1) is 7.49. The van der Waals surface area contributed by atoms with Crippen molar-refractivity contribution in [3.63, 3.8) is 0 Å². The van der Waals surface area contributed by atoms with E-state index in [1.165, 1.54) is 45.1 Å². The topological polar surface area (TPSA) is 21.3 Å². The highest BCUT2D eigenvalue weighted by molar-refractivity contribution is 4.93. The van der Waals surface area contributed by atoms with E-state index in [4.69, 9.17) is 4.74 Å². The van der Waals surface area contributed by atoms with Crippen LogP contribution < -0.4 is 5.32 Å². The Bertz CT molecular complexity index is 221. The van der Waals surface area contributed by atoms with Gasteiger partial charge in [0.25, 0.3) is 0 Å². The molecule has 94 valence electrons. The van der Waals surface area contributed by atoms with Crippen LogP contribution in [0.5, 0.6) is 0 Å². The lowest BCUT2D eigenvalue weighted by Gasteiger charge is -2.45. The molecule has 0 amide bonds. The van der Waals surface area contributed by atoms with Crippen molar-refractivity contribution >= 4 is 0 Å². The molecule has 0 bridgehead atoms. The molecular weight excluding hydrogens is 198 g/mol. The number of hydrogen-bond acceptors (Lipinski definition) is 2. The average molecular weight is 225 g/mol. The van der Waals surface area contributed by atoms with Gasteiger partial charge in [0.2, 0.25) is 0 Å². The van der Waals surface area contributed by atoms with Crippen molar-refractivity contribution in [1.82, 2.24) is 5.32 Å². The van der Waals surface area contributed by atoms with Crippen LogP contribution in [0.1, 0.15) is 59.3 Å². The van der Waals surface area contributed by atoms with Crippen LogP contribution in [0, 0.1) is 5.41 Å². The molecule has 1 aliphatic carbocycles. The van der Waals surface area contributed by atoms with E-state index >= 15 is 0 Å². The molecule has 0 spiro atoms. The maximum absolute atomic E-state index is 5.79. The molecule has 0 aromatic heterocycles. The minimum absolute atomic E-state index is 0.249. The van der Waals surface area contributed by atoms with E-state index in [9.17, 15) is 0 Å². The fourth-order valence-electron chi connectivity index (χ4n) is 2.87. The standard InChI is InChI=1S/C14H27NO/c1-13(2,3)15-11-14(7-5-8-14)10-12-6-4-9-16-12/h12,15H,4-11H2,1-3H3. The number of rotatable bonds is 4. The Balaban J connectivity index is 1.81. The lowest BCUT2D eigenvalue weighted by Crippen LogP contribution is -2.48. The Labute approximate surface area is 100 Å². The summed E-state index contributed by atoms with van der Waals surface area (Å²) >= 11 is 0. The highest BCUT2D eigenvalue weighted by Gasteiger charge is 2.40. The monoisotopic (exact) mass is 225 g/mol. The summed E-state index contributed by atoms with van der Waals surface area (Å²) in [5.74, 6) is 0. The molecule has 1 saturated carbocycles. The first-order valence-corrected chi connectivity index (χ1v) is 6.86. The van der Waals surface area contributed by atoms with Crippen molar-refractivity contribution < 1.29 is 4.74 Å². The number of ether oxygens (including phenoxy) is 1. The molecular formula is C14H27NO. The average Bonchev–Trinajstić information content (AvgIpc) is 2.60. The highest BCUT2D eigenvalue weighted by Crippen LogP contribution is 2.46. The third-order valence-electron chi connectivity index (χ3n) is 4.09. The van der Waals surface area contributed by atoms with E-state index in [0.29, 0.717) is 11.5 Å². The predicted octanol–water partition coefficient (Wildman–Crippen LogP) is 3.11. The zero-order valence-corrected chi connectivity index (χ0v) is 11.1. The zero-order valence-electron chi connectivity index (χ0n) is 11.1. The molecule has 0 aromatic rings. The van der Waals surface area contributed by atoms with Gasteiger partial charge in [-0.05, 0) is 58.3 Å². The van der Waals surface area contributed by atoms with E-state index in [1.807, 2.05) is 0 Å². The van der Waals surface area contributed by atoms with Crippen molar-refractivity contribution in [2.24, 2.45) is 5.41 Å².